The maximum atomic E-state index is 11.9. The molecule has 19 heavy (non-hydrogen) atoms. The maximum Gasteiger partial charge on any atom is 0.228 e. The molecule has 0 saturated carbocycles. The van der Waals surface area contributed by atoms with E-state index in [1.54, 1.807) is 31.6 Å². The first-order valence-electron chi connectivity index (χ1n) is 6.09. The lowest BCUT2D eigenvalue weighted by atomic mass is 10.1. The van der Waals surface area contributed by atoms with Gasteiger partial charge in [-0.3, -0.25) is 9.36 Å². The van der Waals surface area contributed by atoms with Crippen LogP contribution in [0.1, 0.15) is 12.7 Å². The fraction of sp³-hybridized carbons (Fsp3) is 0.308. The van der Waals surface area contributed by atoms with E-state index in [1.165, 1.54) is 0 Å². The van der Waals surface area contributed by atoms with E-state index in [4.69, 9.17) is 5.73 Å². The van der Waals surface area contributed by atoms with Gasteiger partial charge in [0.2, 0.25) is 5.91 Å². The highest BCUT2D eigenvalue weighted by Crippen LogP contribution is 2.19. The lowest BCUT2D eigenvalue weighted by Gasteiger charge is -2.14. The monoisotopic (exact) mass is 259 g/mol. The highest BCUT2D eigenvalue weighted by Gasteiger charge is 2.14. The van der Waals surface area contributed by atoms with Gasteiger partial charge >= 0.3 is 0 Å². The van der Waals surface area contributed by atoms with Crippen molar-refractivity contribution in [3.05, 3.63) is 36.5 Å². The first kappa shape index (κ1) is 13.2. The molecule has 0 bridgehead atoms. The lowest BCUT2D eigenvalue weighted by molar-refractivity contribution is -0.119. The van der Waals surface area contributed by atoms with Crippen molar-refractivity contribution in [1.29, 1.82) is 0 Å². The van der Waals surface area contributed by atoms with Gasteiger partial charge in [0.15, 0.2) is 5.82 Å². The Morgan fingerprint density at radius 3 is 2.89 bits per heavy atom. The van der Waals surface area contributed by atoms with Crippen molar-refractivity contribution in [1.82, 2.24) is 14.5 Å². The van der Waals surface area contributed by atoms with Crippen LogP contribution in [0.5, 0.6) is 0 Å². The number of rotatable bonds is 4. The number of hydrogen-bond acceptors (Lipinski definition) is 4. The van der Waals surface area contributed by atoms with Crippen molar-refractivity contribution < 1.29 is 4.79 Å². The molecule has 0 saturated heterocycles. The highest BCUT2D eigenvalue weighted by atomic mass is 16.1. The molecule has 2 aromatic rings. The van der Waals surface area contributed by atoms with Gasteiger partial charge in [0.1, 0.15) is 5.82 Å². The normalized spacial score (nSPS) is 12.2. The Morgan fingerprint density at radius 2 is 2.26 bits per heavy atom. The summed E-state index contributed by atoms with van der Waals surface area (Å²) >= 11 is 0. The summed E-state index contributed by atoms with van der Waals surface area (Å²) in [6.45, 7) is 3.97. The van der Waals surface area contributed by atoms with Crippen LogP contribution in [0.25, 0.3) is 5.82 Å². The number of carbonyl (C=O) groups excluding carboxylic acids is 1. The molecule has 6 heteroatoms. The summed E-state index contributed by atoms with van der Waals surface area (Å²) < 4.78 is 1.82. The number of carbonyl (C=O) groups is 1. The Labute approximate surface area is 111 Å². The van der Waals surface area contributed by atoms with Crippen LogP contribution in [0.3, 0.4) is 0 Å². The molecule has 100 valence electrons. The summed E-state index contributed by atoms with van der Waals surface area (Å²) in [4.78, 5) is 20.4. The zero-order valence-corrected chi connectivity index (χ0v) is 11.0. The second kappa shape index (κ2) is 5.62. The van der Waals surface area contributed by atoms with Gasteiger partial charge in [-0.15, -0.1) is 0 Å². The third kappa shape index (κ3) is 2.79. The number of hydrogen-bond donors (Lipinski definition) is 2. The maximum absolute atomic E-state index is 11.9. The highest BCUT2D eigenvalue weighted by molar-refractivity contribution is 5.93. The third-order valence-electron chi connectivity index (χ3n) is 2.90. The fourth-order valence-corrected chi connectivity index (χ4v) is 1.65. The number of anilines is 1. The van der Waals surface area contributed by atoms with Crippen LogP contribution in [0, 0.1) is 12.8 Å². The molecule has 1 amide bonds. The second-order valence-corrected chi connectivity index (χ2v) is 4.35. The van der Waals surface area contributed by atoms with Crippen molar-refractivity contribution >= 4 is 11.6 Å². The van der Waals surface area contributed by atoms with E-state index >= 15 is 0 Å². The minimum atomic E-state index is -0.239. The molecule has 3 N–H and O–H groups in total. The molecule has 0 aromatic carbocycles. The number of aromatic nitrogens is 3. The van der Waals surface area contributed by atoms with Crippen LogP contribution in [0.4, 0.5) is 5.69 Å². The molecule has 2 aromatic heterocycles. The summed E-state index contributed by atoms with van der Waals surface area (Å²) in [6.07, 6.45) is 5.18. The fourth-order valence-electron chi connectivity index (χ4n) is 1.65. The Kier molecular flexibility index (Phi) is 3.91. The summed E-state index contributed by atoms with van der Waals surface area (Å²) in [5.41, 5.74) is 6.14. The summed E-state index contributed by atoms with van der Waals surface area (Å²) in [6, 6.07) is 3.58. The Hall–Kier alpha value is -2.21. The van der Waals surface area contributed by atoms with Gasteiger partial charge in [0.25, 0.3) is 0 Å². The van der Waals surface area contributed by atoms with Crippen LogP contribution >= 0.6 is 0 Å². The second-order valence-electron chi connectivity index (χ2n) is 4.35. The zero-order valence-electron chi connectivity index (χ0n) is 11.0. The summed E-state index contributed by atoms with van der Waals surface area (Å²) in [7, 11) is 0. The first-order valence-corrected chi connectivity index (χ1v) is 6.09. The Bertz CT molecular complexity index is 578. The third-order valence-corrected chi connectivity index (χ3v) is 2.90. The number of aryl methyl sites for hydroxylation is 1. The standard InChI is InChI=1S/C13H17N5O/c1-9(8-14)13(19)17-11-4-3-5-16-12(11)18-7-6-15-10(18)2/h3-7,9H,8,14H2,1-2H3,(H,17,19). The van der Waals surface area contributed by atoms with E-state index in [2.05, 4.69) is 15.3 Å². The van der Waals surface area contributed by atoms with Crippen LogP contribution in [-0.4, -0.2) is 27.0 Å². The van der Waals surface area contributed by atoms with E-state index in [1.807, 2.05) is 17.6 Å². The number of nitrogens with one attached hydrogen (secondary N) is 1. The summed E-state index contributed by atoms with van der Waals surface area (Å²) in [5.74, 6) is 1.10. The molecular weight excluding hydrogens is 242 g/mol. The molecule has 0 aliphatic carbocycles. The van der Waals surface area contributed by atoms with Crippen LogP contribution in [0.2, 0.25) is 0 Å². The Morgan fingerprint density at radius 1 is 1.47 bits per heavy atom. The zero-order chi connectivity index (χ0) is 13.8. The minimum Gasteiger partial charge on any atom is -0.330 e. The molecule has 1 unspecified atom stereocenters. The average molecular weight is 259 g/mol. The van der Waals surface area contributed by atoms with E-state index in [-0.39, 0.29) is 11.8 Å². The van der Waals surface area contributed by atoms with Gasteiger partial charge < -0.3 is 11.1 Å². The van der Waals surface area contributed by atoms with Crippen molar-refractivity contribution in [2.75, 3.05) is 11.9 Å². The quantitative estimate of drug-likeness (QED) is 0.861. The van der Waals surface area contributed by atoms with Crippen molar-refractivity contribution in [3.63, 3.8) is 0 Å². The molecule has 0 fully saturated rings. The molecular formula is C13H17N5O. The van der Waals surface area contributed by atoms with Gasteiger partial charge in [-0.2, -0.15) is 0 Å². The van der Waals surface area contributed by atoms with Crippen LogP contribution < -0.4 is 11.1 Å². The topological polar surface area (TPSA) is 85.8 Å². The minimum absolute atomic E-state index is 0.116. The number of amides is 1. The average Bonchev–Trinajstić information content (AvgIpc) is 2.84. The van der Waals surface area contributed by atoms with Gasteiger partial charge in [-0.25, -0.2) is 9.97 Å². The summed E-state index contributed by atoms with van der Waals surface area (Å²) in [5, 5.41) is 2.85. The first-order chi connectivity index (χ1) is 9.13. The molecule has 0 radical (unpaired) electrons. The number of pyridine rings is 1. The molecule has 6 nitrogen and oxygen atoms in total. The van der Waals surface area contributed by atoms with Gasteiger partial charge in [-0.05, 0) is 19.1 Å². The van der Waals surface area contributed by atoms with E-state index in [9.17, 15) is 4.79 Å². The molecule has 0 aliphatic rings. The van der Waals surface area contributed by atoms with Crippen molar-refractivity contribution in [2.45, 2.75) is 13.8 Å². The van der Waals surface area contributed by atoms with Crippen LogP contribution in [0.15, 0.2) is 30.7 Å². The SMILES string of the molecule is Cc1nccn1-c1ncccc1NC(=O)C(C)CN. The van der Waals surface area contributed by atoms with E-state index < -0.39 is 0 Å². The van der Waals surface area contributed by atoms with Gasteiger partial charge in [0.05, 0.1) is 5.69 Å². The molecule has 0 spiro atoms. The predicted octanol–water partition coefficient (Wildman–Crippen LogP) is 1.11. The van der Waals surface area contributed by atoms with E-state index in [0.717, 1.165) is 5.82 Å². The van der Waals surface area contributed by atoms with E-state index in [0.29, 0.717) is 18.1 Å². The van der Waals surface area contributed by atoms with Crippen LogP contribution in [-0.2, 0) is 4.79 Å². The largest absolute Gasteiger partial charge is 0.330 e. The molecule has 1 atom stereocenters. The van der Waals surface area contributed by atoms with Gasteiger partial charge in [0, 0.05) is 31.1 Å². The van der Waals surface area contributed by atoms with Crippen molar-refractivity contribution in [2.24, 2.45) is 11.7 Å². The smallest absolute Gasteiger partial charge is 0.228 e. The predicted molar refractivity (Wildman–Crippen MR) is 72.9 cm³/mol. The molecule has 2 rings (SSSR count). The number of nitrogens with two attached hydrogens (primary N) is 1. The lowest BCUT2D eigenvalue weighted by Crippen LogP contribution is -2.27. The van der Waals surface area contributed by atoms with Gasteiger partial charge in [-0.1, -0.05) is 6.92 Å². The van der Waals surface area contributed by atoms with Crippen molar-refractivity contribution in [3.8, 4) is 5.82 Å². The number of nitrogens with zero attached hydrogens (tertiary/aromatic N) is 3. The number of imidazole rings is 1. The molecule has 2 heterocycles. The Balaban J connectivity index is 2.32. The molecule has 0 aliphatic heterocycles.